The molecule has 0 radical (unpaired) electrons. The molecule has 0 spiro atoms. The fraction of sp³-hybridized carbons (Fsp3) is 0.158. The molecular weight excluding hydrogens is 302 g/mol. The molecule has 0 aliphatic heterocycles. The number of hydrogen-bond donors (Lipinski definition) is 2. The number of nitrogens with one attached hydrogen (secondary N) is 1. The number of amides is 1. The quantitative estimate of drug-likeness (QED) is 0.776. The highest BCUT2D eigenvalue weighted by Gasteiger charge is 2.21. The van der Waals surface area contributed by atoms with Crippen molar-refractivity contribution in [2.45, 2.75) is 13.0 Å². The molecule has 0 aliphatic carbocycles. The Hall–Kier alpha value is -3.08. The van der Waals surface area contributed by atoms with Crippen LogP contribution in [0.3, 0.4) is 0 Å². The van der Waals surface area contributed by atoms with E-state index in [1.54, 1.807) is 18.3 Å². The van der Waals surface area contributed by atoms with Crippen LogP contribution in [0.1, 0.15) is 33.4 Å². The lowest BCUT2D eigenvalue weighted by atomic mass is 10.0. The average Bonchev–Trinajstić information content (AvgIpc) is 3.00. The summed E-state index contributed by atoms with van der Waals surface area (Å²) in [5, 5.41) is 12.4. The number of carbonyl (C=O) groups excluding carboxylic acids is 1. The average molecular weight is 321 g/mol. The molecule has 1 amide bonds. The van der Waals surface area contributed by atoms with Gasteiger partial charge >= 0.3 is 0 Å². The second-order valence-electron chi connectivity index (χ2n) is 5.76. The highest BCUT2D eigenvalue weighted by Crippen LogP contribution is 2.22. The molecule has 1 unspecified atom stereocenters. The third-order valence-electron chi connectivity index (χ3n) is 3.93. The van der Waals surface area contributed by atoms with E-state index < -0.39 is 0 Å². The van der Waals surface area contributed by atoms with Crippen LogP contribution in [0.15, 0.2) is 60.9 Å². The molecule has 3 aromatic rings. The van der Waals surface area contributed by atoms with Gasteiger partial charge in [-0.05, 0) is 36.8 Å². The van der Waals surface area contributed by atoms with Crippen LogP contribution >= 0.6 is 0 Å². The molecule has 0 saturated heterocycles. The number of phenolic OH excluding ortho intramolecular Hbond substituents is 1. The fourth-order valence-electron chi connectivity index (χ4n) is 2.54. The highest BCUT2D eigenvalue weighted by molar-refractivity contribution is 5.94. The molecule has 0 aliphatic rings. The maximum atomic E-state index is 12.6. The maximum absolute atomic E-state index is 12.6. The summed E-state index contributed by atoms with van der Waals surface area (Å²) in [5.74, 6) is 0.667. The van der Waals surface area contributed by atoms with Gasteiger partial charge in [0.05, 0.1) is 0 Å². The topological polar surface area (TPSA) is 67.2 Å². The van der Waals surface area contributed by atoms with Crippen LogP contribution < -0.4 is 5.32 Å². The Morgan fingerprint density at radius 3 is 2.38 bits per heavy atom. The standard InChI is InChI=1S/C19H19N3O2/c1-13-3-5-14(6-4-13)17(18-20-11-12-22(18)2)21-19(24)15-7-9-16(23)10-8-15/h3-12,17,23H,1-2H3,(H,21,24). The van der Waals surface area contributed by atoms with E-state index in [1.165, 1.54) is 12.1 Å². The van der Waals surface area contributed by atoms with E-state index in [9.17, 15) is 9.90 Å². The van der Waals surface area contributed by atoms with Gasteiger partial charge in [-0.3, -0.25) is 4.79 Å². The largest absolute Gasteiger partial charge is 0.508 e. The molecule has 24 heavy (non-hydrogen) atoms. The zero-order valence-corrected chi connectivity index (χ0v) is 13.6. The van der Waals surface area contributed by atoms with E-state index in [4.69, 9.17) is 0 Å². The van der Waals surface area contributed by atoms with Gasteiger partial charge in [-0.15, -0.1) is 0 Å². The number of aromatic hydroxyl groups is 1. The van der Waals surface area contributed by atoms with Crippen molar-refractivity contribution in [1.29, 1.82) is 0 Å². The lowest BCUT2D eigenvalue weighted by Crippen LogP contribution is -2.31. The molecule has 3 rings (SSSR count). The van der Waals surface area contributed by atoms with Gasteiger partial charge in [0.15, 0.2) is 0 Å². The fourth-order valence-corrected chi connectivity index (χ4v) is 2.54. The predicted molar refractivity (Wildman–Crippen MR) is 91.8 cm³/mol. The van der Waals surface area contributed by atoms with Gasteiger partial charge in [0.2, 0.25) is 0 Å². The number of hydrogen-bond acceptors (Lipinski definition) is 3. The molecular formula is C19H19N3O2. The summed E-state index contributed by atoms with van der Waals surface area (Å²) in [6.45, 7) is 2.02. The van der Waals surface area contributed by atoms with Gasteiger partial charge in [0.1, 0.15) is 17.6 Å². The molecule has 1 heterocycles. The van der Waals surface area contributed by atoms with Crippen molar-refractivity contribution in [1.82, 2.24) is 14.9 Å². The molecule has 2 N–H and O–H groups in total. The summed E-state index contributed by atoms with van der Waals surface area (Å²) in [5.41, 5.74) is 2.60. The monoisotopic (exact) mass is 321 g/mol. The van der Waals surface area contributed by atoms with Crippen LogP contribution in [0.2, 0.25) is 0 Å². The van der Waals surface area contributed by atoms with E-state index in [-0.39, 0.29) is 17.7 Å². The molecule has 0 bridgehead atoms. The van der Waals surface area contributed by atoms with Crippen molar-refractivity contribution in [2.24, 2.45) is 7.05 Å². The van der Waals surface area contributed by atoms with E-state index in [0.29, 0.717) is 5.56 Å². The van der Waals surface area contributed by atoms with Crippen molar-refractivity contribution in [3.8, 4) is 5.75 Å². The zero-order valence-electron chi connectivity index (χ0n) is 13.6. The number of aromatic nitrogens is 2. The lowest BCUT2D eigenvalue weighted by molar-refractivity contribution is 0.0941. The number of phenols is 1. The lowest BCUT2D eigenvalue weighted by Gasteiger charge is -2.19. The summed E-state index contributed by atoms with van der Waals surface area (Å²) in [7, 11) is 1.90. The SMILES string of the molecule is Cc1ccc(C(NC(=O)c2ccc(O)cc2)c2nccn2C)cc1. The first-order valence-corrected chi connectivity index (χ1v) is 7.68. The van der Waals surface area contributed by atoms with Gasteiger partial charge < -0.3 is 15.0 Å². The first-order chi connectivity index (χ1) is 11.5. The second-order valence-corrected chi connectivity index (χ2v) is 5.76. The first kappa shape index (κ1) is 15.8. The van der Waals surface area contributed by atoms with E-state index in [2.05, 4.69) is 10.3 Å². The number of carbonyl (C=O) groups is 1. The van der Waals surface area contributed by atoms with Gasteiger partial charge in [0.25, 0.3) is 5.91 Å². The first-order valence-electron chi connectivity index (χ1n) is 7.68. The number of nitrogens with zero attached hydrogens (tertiary/aromatic N) is 2. The van der Waals surface area contributed by atoms with Crippen LogP contribution in [-0.4, -0.2) is 20.6 Å². The van der Waals surface area contributed by atoms with E-state index in [0.717, 1.165) is 17.0 Å². The Bertz CT molecular complexity index is 836. The number of aryl methyl sites for hydroxylation is 2. The number of rotatable bonds is 4. The van der Waals surface area contributed by atoms with Crippen LogP contribution in [0.5, 0.6) is 5.75 Å². The molecule has 5 heteroatoms. The van der Waals surface area contributed by atoms with E-state index in [1.807, 2.05) is 49.0 Å². The molecule has 2 aromatic carbocycles. The van der Waals surface area contributed by atoms with Gasteiger partial charge in [-0.2, -0.15) is 0 Å². The normalized spacial score (nSPS) is 11.9. The minimum absolute atomic E-state index is 0.130. The summed E-state index contributed by atoms with van der Waals surface area (Å²) < 4.78 is 1.89. The Kier molecular flexibility index (Phi) is 4.33. The van der Waals surface area contributed by atoms with Gasteiger partial charge in [-0.25, -0.2) is 4.98 Å². The third kappa shape index (κ3) is 3.30. The number of benzene rings is 2. The summed E-state index contributed by atoms with van der Waals surface area (Å²) in [4.78, 5) is 17.0. The highest BCUT2D eigenvalue weighted by atomic mass is 16.3. The zero-order chi connectivity index (χ0) is 17.1. The Balaban J connectivity index is 1.93. The molecule has 0 fully saturated rings. The molecule has 1 atom stereocenters. The summed E-state index contributed by atoms with van der Waals surface area (Å²) in [6.07, 6.45) is 3.56. The Morgan fingerprint density at radius 2 is 1.79 bits per heavy atom. The maximum Gasteiger partial charge on any atom is 0.252 e. The Labute approximate surface area is 140 Å². The minimum atomic E-state index is -0.355. The van der Waals surface area contributed by atoms with E-state index >= 15 is 0 Å². The predicted octanol–water partition coefficient (Wildman–Crippen LogP) is 2.95. The van der Waals surface area contributed by atoms with Gasteiger partial charge in [0, 0.05) is 25.0 Å². The van der Waals surface area contributed by atoms with Crippen LogP contribution in [-0.2, 0) is 7.05 Å². The van der Waals surface area contributed by atoms with Crippen molar-refractivity contribution < 1.29 is 9.90 Å². The Morgan fingerprint density at radius 1 is 1.12 bits per heavy atom. The van der Waals surface area contributed by atoms with Crippen LogP contribution in [0.4, 0.5) is 0 Å². The number of imidazole rings is 1. The third-order valence-corrected chi connectivity index (χ3v) is 3.93. The molecule has 5 nitrogen and oxygen atoms in total. The van der Waals surface area contributed by atoms with Crippen molar-refractivity contribution >= 4 is 5.91 Å². The van der Waals surface area contributed by atoms with Gasteiger partial charge in [-0.1, -0.05) is 29.8 Å². The van der Waals surface area contributed by atoms with Crippen molar-refractivity contribution in [3.63, 3.8) is 0 Å². The van der Waals surface area contributed by atoms with Crippen LogP contribution in [0, 0.1) is 6.92 Å². The van der Waals surface area contributed by atoms with Crippen molar-refractivity contribution in [3.05, 3.63) is 83.4 Å². The summed E-state index contributed by atoms with van der Waals surface area (Å²) in [6, 6.07) is 13.8. The smallest absolute Gasteiger partial charge is 0.252 e. The second kappa shape index (κ2) is 6.58. The minimum Gasteiger partial charge on any atom is -0.508 e. The molecule has 1 aromatic heterocycles. The molecule has 0 saturated carbocycles. The van der Waals surface area contributed by atoms with Crippen LogP contribution in [0.25, 0.3) is 0 Å². The molecule has 122 valence electrons. The van der Waals surface area contributed by atoms with Crippen molar-refractivity contribution in [2.75, 3.05) is 0 Å². The summed E-state index contributed by atoms with van der Waals surface area (Å²) >= 11 is 0.